The van der Waals surface area contributed by atoms with E-state index in [1.165, 1.54) is 6.92 Å². The highest BCUT2D eigenvalue weighted by molar-refractivity contribution is 5.96. The van der Waals surface area contributed by atoms with Crippen molar-refractivity contribution < 1.29 is 14.7 Å². The summed E-state index contributed by atoms with van der Waals surface area (Å²) in [6.45, 7) is 7.26. The zero-order valence-corrected chi connectivity index (χ0v) is 16.0. The lowest BCUT2D eigenvalue weighted by Crippen LogP contribution is -2.54. The molecule has 0 aliphatic carbocycles. The van der Waals surface area contributed by atoms with Crippen LogP contribution < -0.4 is 0 Å². The second-order valence-corrected chi connectivity index (χ2v) is 7.46. The van der Waals surface area contributed by atoms with Gasteiger partial charge in [-0.25, -0.2) is 0 Å². The highest BCUT2D eigenvalue weighted by atomic mass is 16.3. The Balaban J connectivity index is 1.99. The largest absolute Gasteiger partial charge is 0.387 e. The van der Waals surface area contributed by atoms with E-state index in [2.05, 4.69) is 5.10 Å². The SMILES string of the molecule is CC(=O)c1c(C)nn(CCC(=O)N2CCCC(O)(CN(C)C)C2)c1C. The third kappa shape index (κ3) is 4.67. The Kier molecular flexibility index (Phi) is 6.00. The molecular formula is C18H30N4O3. The first-order valence-corrected chi connectivity index (χ1v) is 8.83. The maximum absolute atomic E-state index is 12.6. The number of hydrogen-bond acceptors (Lipinski definition) is 5. The van der Waals surface area contributed by atoms with Gasteiger partial charge in [-0.15, -0.1) is 0 Å². The van der Waals surface area contributed by atoms with Gasteiger partial charge in [-0.2, -0.15) is 5.10 Å². The lowest BCUT2D eigenvalue weighted by atomic mass is 9.92. The molecule has 1 aliphatic rings. The second-order valence-electron chi connectivity index (χ2n) is 7.46. The van der Waals surface area contributed by atoms with Gasteiger partial charge < -0.3 is 14.9 Å². The molecule has 1 N–H and O–H groups in total. The number of carbonyl (C=O) groups is 2. The van der Waals surface area contributed by atoms with Crippen molar-refractivity contribution in [1.82, 2.24) is 19.6 Å². The van der Waals surface area contributed by atoms with E-state index in [1.54, 1.807) is 9.58 Å². The van der Waals surface area contributed by atoms with Crippen LogP contribution in [-0.2, 0) is 11.3 Å². The molecule has 1 aromatic heterocycles. The maximum Gasteiger partial charge on any atom is 0.224 e. The molecule has 2 heterocycles. The third-order valence-electron chi connectivity index (χ3n) is 4.79. The van der Waals surface area contributed by atoms with E-state index >= 15 is 0 Å². The number of hydrogen-bond donors (Lipinski definition) is 1. The van der Waals surface area contributed by atoms with Gasteiger partial charge in [-0.1, -0.05) is 0 Å². The first kappa shape index (κ1) is 19.6. The number of ketones is 1. The monoisotopic (exact) mass is 350 g/mol. The number of nitrogens with zero attached hydrogens (tertiary/aromatic N) is 4. The van der Waals surface area contributed by atoms with E-state index in [0.29, 0.717) is 50.3 Å². The van der Waals surface area contributed by atoms with Crippen molar-refractivity contribution in [3.8, 4) is 0 Å². The van der Waals surface area contributed by atoms with Gasteiger partial charge in [-0.3, -0.25) is 14.3 Å². The van der Waals surface area contributed by atoms with Crippen molar-refractivity contribution in [2.45, 2.75) is 52.2 Å². The van der Waals surface area contributed by atoms with Crippen LogP contribution in [0.4, 0.5) is 0 Å². The summed E-state index contributed by atoms with van der Waals surface area (Å²) in [6, 6.07) is 0. The second kappa shape index (κ2) is 7.66. The number of likely N-dealkylation sites (tertiary alicyclic amines) is 1. The Bertz CT molecular complexity index is 653. The normalized spacial score (nSPS) is 21.0. The predicted octanol–water partition coefficient (Wildman–Crippen LogP) is 1.01. The molecule has 1 fully saturated rings. The van der Waals surface area contributed by atoms with Crippen molar-refractivity contribution in [3.05, 3.63) is 17.0 Å². The summed E-state index contributed by atoms with van der Waals surface area (Å²) in [5, 5.41) is 15.1. The molecule has 7 nitrogen and oxygen atoms in total. The Hall–Kier alpha value is -1.73. The fraction of sp³-hybridized carbons (Fsp3) is 0.722. The van der Waals surface area contributed by atoms with E-state index in [4.69, 9.17) is 0 Å². The molecule has 0 radical (unpaired) electrons. The number of amides is 1. The number of likely N-dealkylation sites (N-methyl/N-ethyl adjacent to an activating group) is 1. The zero-order chi connectivity index (χ0) is 18.8. The minimum atomic E-state index is -0.836. The fourth-order valence-electron chi connectivity index (χ4n) is 3.83. The van der Waals surface area contributed by atoms with Crippen LogP contribution in [0.25, 0.3) is 0 Å². The number of piperidine rings is 1. The highest BCUT2D eigenvalue weighted by Crippen LogP contribution is 2.22. The van der Waals surface area contributed by atoms with Gasteiger partial charge in [0.1, 0.15) is 0 Å². The quantitative estimate of drug-likeness (QED) is 0.775. The molecule has 25 heavy (non-hydrogen) atoms. The van der Waals surface area contributed by atoms with Gasteiger partial charge in [0.15, 0.2) is 5.78 Å². The Labute approximate surface area is 149 Å². The molecule has 0 spiro atoms. The molecule has 0 saturated carbocycles. The zero-order valence-electron chi connectivity index (χ0n) is 16.0. The minimum Gasteiger partial charge on any atom is -0.387 e. The van der Waals surface area contributed by atoms with Crippen LogP contribution in [0.1, 0.15) is 47.9 Å². The topological polar surface area (TPSA) is 78.7 Å². The minimum absolute atomic E-state index is 0.00245. The van der Waals surface area contributed by atoms with Gasteiger partial charge >= 0.3 is 0 Å². The van der Waals surface area contributed by atoms with Crippen LogP contribution in [0.15, 0.2) is 0 Å². The summed E-state index contributed by atoms with van der Waals surface area (Å²) in [5.41, 5.74) is 1.32. The molecule has 2 rings (SSSR count). The van der Waals surface area contributed by atoms with Crippen LogP contribution >= 0.6 is 0 Å². The van der Waals surface area contributed by atoms with Gasteiger partial charge in [0, 0.05) is 31.7 Å². The molecule has 0 aromatic carbocycles. The lowest BCUT2D eigenvalue weighted by Gasteiger charge is -2.40. The van der Waals surface area contributed by atoms with Crippen LogP contribution in [0.3, 0.4) is 0 Å². The summed E-state index contributed by atoms with van der Waals surface area (Å²) >= 11 is 0. The standard InChI is InChI=1S/C18H30N4O3/c1-13-17(15(3)23)14(2)22(19-13)10-7-16(24)21-9-6-8-18(25,12-21)11-20(4)5/h25H,6-12H2,1-5H3. The third-order valence-corrected chi connectivity index (χ3v) is 4.79. The van der Waals surface area contributed by atoms with E-state index < -0.39 is 5.60 Å². The van der Waals surface area contributed by atoms with Gasteiger partial charge in [0.2, 0.25) is 5.91 Å². The van der Waals surface area contributed by atoms with Gasteiger partial charge in [0.25, 0.3) is 0 Å². The van der Waals surface area contributed by atoms with Crippen molar-refractivity contribution in [1.29, 1.82) is 0 Å². The number of aromatic nitrogens is 2. The molecule has 1 saturated heterocycles. The number of β-amino-alcohol motifs (C(OH)–C–C–N with tert-alkyl or cyclic N) is 1. The van der Waals surface area contributed by atoms with E-state index in [0.717, 1.165) is 12.1 Å². The van der Waals surface area contributed by atoms with Crippen molar-refractivity contribution in [2.75, 3.05) is 33.7 Å². The lowest BCUT2D eigenvalue weighted by molar-refractivity contribution is -0.139. The van der Waals surface area contributed by atoms with Crippen molar-refractivity contribution in [3.63, 3.8) is 0 Å². The molecule has 1 unspecified atom stereocenters. The number of carbonyl (C=O) groups excluding carboxylic acids is 2. The van der Waals surface area contributed by atoms with Crippen molar-refractivity contribution >= 4 is 11.7 Å². The molecule has 7 heteroatoms. The van der Waals surface area contributed by atoms with E-state index in [1.807, 2.05) is 32.8 Å². The summed E-state index contributed by atoms with van der Waals surface area (Å²) < 4.78 is 1.74. The first-order chi connectivity index (χ1) is 11.6. The van der Waals surface area contributed by atoms with Crippen LogP contribution in [0.2, 0.25) is 0 Å². The average Bonchev–Trinajstić information content (AvgIpc) is 2.77. The van der Waals surface area contributed by atoms with Crippen molar-refractivity contribution in [2.24, 2.45) is 0 Å². The fourth-order valence-corrected chi connectivity index (χ4v) is 3.83. The first-order valence-electron chi connectivity index (χ1n) is 8.83. The van der Waals surface area contributed by atoms with Crippen LogP contribution in [0.5, 0.6) is 0 Å². The highest BCUT2D eigenvalue weighted by Gasteiger charge is 2.35. The predicted molar refractivity (Wildman–Crippen MR) is 95.6 cm³/mol. The van der Waals surface area contributed by atoms with Gasteiger partial charge in [0.05, 0.1) is 23.4 Å². The smallest absolute Gasteiger partial charge is 0.224 e. The maximum atomic E-state index is 12.6. The molecule has 1 aliphatic heterocycles. The number of rotatable bonds is 6. The summed E-state index contributed by atoms with van der Waals surface area (Å²) in [7, 11) is 3.85. The molecule has 140 valence electrons. The molecular weight excluding hydrogens is 320 g/mol. The summed E-state index contributed by atoms with van der Waals surface area (Å²) in [6.07, 6.45) is 1.84. The average molecular weight is 350 g/mol. The molecule has 0 bridgehead atoms. The number of Topliss-reactive ketones (excluding diaryl/α,β-unsaturated/α-hetero) is 1. The molecule has 1 atom stereocenters. The van der Waals surface area contributed by atoms with E-state index in [9.17, 15) is 14.7 Å². The number of aryl methyl sites for hydroxylation is 2. The summed E-state index contributed by atoms with van der Waals surface area (Å²) in [5.74, 6) is 0.0196. The van der Waals surface area contributed by atoms with Gasteiger partial charge in [-0.05, 0) is 47.7 Å². The van der Waals surface area contributed by atoms with Crippen LogP contribution in [0, 0.1) is 13.8 Å². The van der Waals surface area contributed by atoms with E-state index in [-0.39, 0.29) is 11.7 Å². The Morgan fingerprint density at radius 3 is 2.56 bits per heavy atom. The Morgan fingerprint density at radius 1 is 1.32 bits per heavy atom. The number of aliphatic hydroxyl groups is 1. The van der Waals surface area contributed by atoms with Crippen LogP contribution in [-0.4, -0.2) is 75.7 Å². The molecule has 1 aromatic rings. The summed E-state index contributed by atoms with van der Waals surface area (Å²) in [4.78, 5) is 28.0. The Morgan fingerprint density at radius 2 is 2.00 bits per heavy atom. The molecule has 1 amide bonds.